The third-order valence-corrected chi connectivity index (χ3v) is 3.98. The normalized spacial score (nSPS) is 34.2. The summed E-state index contributed by atoms with van der Waals surface area (Å²) < 4.78 is 10.7. The van der Waals surface area contributed by atoms with E-state index in [1.54, 1.807) is 0 Å². The predicted molar refractivity (Wildman–Crippen MR) is 68.1 cm³/mol. The second kappa shape index (κ2) is 4.37. The van der Waals surface area contributed by atoms with Gasteiger partial charge in [-0.05, 0) is 25.8 Å². The fourth-order valence-corrected chi connectivity index (χ4v) is 2.96. The minimum atomic E-state index is -0.405. The zero-order chi connectivity index (χ0) is 13.6. The lowest BCUT2D eigenvalue weighted by Crippen LogP contribution is -2.29. The molecule has 0 aromatic carbocycles. The number of ether oxygens (including phenoxy) is 2. The van der Waals surface area contributed by atoms with Crippen LogP contribution in [0, 0.1) is 5.92 Å². The largest absolute Gasteiger partial charge is 0.458 e. The zero-order valence-electron chi connectivity index (χ0n) is 10.8. The molecule has 4 nitrogen and oxygen atoms in total. The van der Waals surface area contributed by atoms with Gasteiger partial charge in [0.1, 0.15) is 12.2 Å². The number of hydrogen-bond acceptors (Lipinski definition) is 4. The van der Waals surface area contributed by atoms with Gasteiger partial charge in [0.15, 0.2) is 0 Å². The monoisotopic (exact) mass is 260 g/mol. The molecular weight excluding hydrogens is 244 g/mol. The molecule has 0 aromatic rings. The van der Waals surface area contributed by atoms with Crippen LogP contribution in [0.1, 0.15) is 26.2 Å². The van der Waals surface area contributed by atoms with Crippen LogP contribution in [0.5, 0.6) is 0 Å². The molecule has 0 aromatic heterocycles. The Balaban J connectivity index is 1.98. The van der Waals surface area contributed by atoms with E-state index in [-0.39, 0.29) is 24.0 Å². The Hall–Kier alpha value is -1.84. The first-order valence-corrected chi connectivity index (χ1v) is 6.53. The highest BCUT2D eigenvalue weighted by atomic mass is 16.6. The molecule has 0 spiro atoms. The molecule has 1 saturated heterocycles. The number of fused-ring (bicyclic) bond motifs is 3. The maximum atomic E-state index is 11.8. The number of carbonyl (C=O) groups excluding carboxylic acids is 2. The second-order valence-electron chi connectivity index (χ2n) is 5.35. The standard InChI is InChI=1S/C15H16O4/c1-8-4-3-5-10-7-12(19-15(10)17)13-9(2)14(16)18-11(13)6-8/h4,7,11-13H,2-3,5-6H2,1H3/t11-,12+,13+/m0/s1. The second-order valence-corrected chi connectivity index (χ2v) is 5.35. The van der Waals surface area contributed by atoms with Crippen LogP contribution >= 0.6 is 0 Å². The van der Waals surface area contributed by atoms with Gasteiger partial charge in [-0.2, -0.15) is 0 Å². The summed E-state index contributed by atoms with van der Waals surface area (Å²) in [7, 11) is 0. The van der Waals surface area contributed by atoms with Gasteiger partial charge in [0.05, 0.1) is 5.92 Å². The number of esters is 2. The van der Waals surface area contributed by atoms with Crippen molar-refractivity contribution in [3.8, 4) is 0 Å². The molecule has 3 aliphatic rings. The molecule has 1 aliphatic carbocycles. The van der Waals surface area contributed by atoms with E-state index in [1.807, 2.05) is 13.0 Å². The van der Waals surface area contributed by atoms with E-state index < -0.39 is 6.10 Å². The Labute approximate surface area is 111 Å². The minimum absolute atomic E-state index is 0.254. The van der Waals surface area contributed by atoms with E-state index in [2.05, 4.69) is 12.7 Å². The molecule has 3 rings (SSSR count). The van der Waals surface area contributed by atoms with E-state index in [4.69, 9.17) is 9.47 Å². The van der Waals surface area contributed by atoms with Gasteiger partial charge in [0, 0.05) is 17.6 Å². The van der Waals surface area contributed by atoms with E-state index >= 15 is 0 Å². The molecule has 1 fully saturated rings. The van der Waals surface area contributed by atoms with Gasteiger partial charge in [-0.15, -0.1) is 0 Å². The highest BCUT2D eigenvalue weighted by molar-refractivity contribution is 5.93. The molecule has 4 heteroatoms. The van der Waals surface area contributed by atoms with Crippen molar-refractivity contribution in [3.05, 3.63) is 35.5 Å². The summed E-state index contributed by atoms with van der Waals surface area (Å²) in [6.07, 6.45) is 5.42. The van der Waals surface area contributed by atoms with Crippen molar-refractivity contribution in [2.45, 2.75) is 38.4 Å². The van der Waals surface area contributed by atoms with Crippen molar-refractivity contribution in [2.75, 3.05) is 0 Å². The van der Waals surface area contributed by atoms with Crippen LogP contribution < -0.4 is 0 Å². The third kappa shape index (κ3) is 2.01. The van der Waals surface area contributed by atoms with Crippen LogP contribution in [0.25, 0.3) is 0 Å². The van der Waals surface area contributed by atoms with Crippen molar-refractivity contribution in [1.82, 2.24) is 0 Å². The Kier molecular flexibility index (Phi) is 2.81. The summed E-state index contributed by atoms with van der Waals surface area (Å²) in [4.78, 5) is 23.5. The van der Waals surface area contributed by atoms with Gasteiger partial charge in [-0.3, -0.25) is 0 Å². The Bertz CT molecular complexity index is 526. The van der Waals surface area contributed by atoms with Crippen LogP contribution in [0.15, 0.2) is 35.5 Å². The molecule has 0 saturated carbocycles. The summed E-state index contributed by atoms with van der Waals surface area (Å²) >= 11 is 0. The Morgan fingerprint density at radius 2 is 2.05 bits per heavy atom. The highest BCUT2D eigenvalue weighted by Crippen LogP contribution is 2.38. The van der Waals surface area contributed by atoms with Crippen LogP contribution in [0.3, 0.4) is 0 Å². The SMILES string of the molecule is C=C1C(=O)O[C@H]2CC(C)=CCCC3=C[C@@H](OC3=O)[C@H]12. The van der Waals surface area contributed by atoms with Crippen molar-refractivity contribution < 1.29 is 19.1 Å². The average Bonchev–Trinajstić information content (AvgIpc) is 2.81. The molecule has 2 bridgehead atoms. The van der Waals surface area contributed by atoms with Crippen LogP contribution in [0.2, 0.25) is 0 Å². The topological polar surface area (TPSA) is 52.6 Å². The molecule has 2 aliphatic heterocycles. The van der Waals surface area contributed by atoms with Gasteiger partial charge >= 0.3 is 11.9 Å². The van der Waals surface area contributed by atoms with Crippen molar-refractivity contribution in [1.29, 1.82) is 0 Å². The molecule has 0 N–H and O–H groups in total. The van der Waals surface area contributed by atoms with E-state index in [1.165, 1.54) is 5.57 Å². The molecular formula is C15H16O4. The maximum absolute atomic E-state index is 11.8. The number of allylic oxidation sites excluding steroid dienone is 1. The van der Waals surface area contributed by atoms with Crippen LogP contribution in [-0.4, -0.2) is 24.1 Å². The van der Waals surface area contributed by atoms with Gasteiger partial charge < -0.3 is 9.47 Å². The molecule has 100 valence electrons. The van der Waals surface area contributed by atoms with E-state index in [0.717, 1.165) is 6.42 Å². The Morgan fingerprint density at radius 1 is 1.26 bits per heavy atom. The summed E-state index contributed by atoms with van der Waals surface area (Å²) in [5.41, 5.74) is 2.28. The molecule has 0 radical (unpaired) electrons. The van der Waals surface area contributed by atoms with E-state index in [0.29, 0.717) is 24.0 Å². The smallest absolute Gasteiger partial charge is 0.334 e. The molecule has 2 heterocycles. The summed E-state index contributed by atoms with van der Waals surface area (Å²) in [5.74, 6) is -0.904. The average molecular weight is 260 g/mol. The summed E-state index contributed by atoms with van der Waals surface area (Å²) in [6, 6.07) is 0. The zero-order valence-corrected chi connectivity index (χ0v) is 10.8. The minimum Gasteiger partial charge on any atom is -0.458 e. The molecule has 0 unspecified atom stereocenters. The molecule has 3 atom stereocenters. The summed E-state index contributed by atoms with van der Waals surface area (Å²) in [6.45, 7) is 5.82. The van der Waals surface area contributed by atoms with Gasteiger partial charge in [-0.25, -0.2) is 9.59 Å². The van der Waals surface area contributed by atoms with Gasteiger partial charge in [-0.1, -0.05) is 18.2 Å². The quantitative estimate of drug-likeness (QED) is 0.380. The van der Waals surface area contributed by atoms with Crippen LogP contribution in [-0.2, 0) is 19.1 Å². The summed E-state index contributed by atoms with van der Waals surface area (Å²) in [5, 5.41) is 0. The fraction of sp³-hybridized carbons (Fsp3) is 0.467. The fourth-order valence-electron chi connectivity index (χ4n) is 2.96. The lowest BCUT2D eigenvalue weighted by atomic mass is 9.86. The van der Waals surface area contributed by atoms with E-state index in [9.17, 15) is 9.59 Å². The maximum Gasteiger partial charge on any atom is 0.334 e. The third-order valence-electron chi connectivity index (χ3n) is 3.98. The van der Waals surface area contributed by atoms with Crippen molar-refractivity contribution in [2.24, 2.45) is 5.92 Å². The lowest BCUT2D eigenvalue weighted by Gasteiger charge is -2.22. The molecule has 0 amide bonds. The first kappa shape index (κ1) is 12.2. The number of hydrogen-bond donors (Lipinski definition) is 0. The lowest BCUT2D eigenvalue weighted by molar-refractivity contribution is -0.142. The predicted octanol–water partition coefficient (Wildman–Crippen LogP) is 2.07. The first-order chi connectivity index (χ1) is 9.06. The van der Waals surface area contributed by atoms with Crippen molar-refractivity contribution >= 4 is 11.9 Å². The number of rotatable bonds is 0. The molecule has 19 heavy (non-hydrogen) atoms. The first-order valence-electron chi connectivity index (χ1n) is 6.53. The number of carbonyl (C=O) groups is 2. The van der Waals surface area contributed by atoms with Gasteiger partial charge in [0.2, 0.25) is 0 Å². The highest BCUT2D eigenvalue weighted by Gasteiger charge is 2.46. The Morgan fingerprint density at radius 3 is 2.84 bits per heavy atom. The van der Waals surface area contributed by atoms with Gasteiger partial charge in [0.25, 0.3) is 0 Å². The van der Waals surface area contributed by atoms with Crippen LogP contribution in [0.4, 0.5) is 0 Å². The van der Waals surface area contributed by atoms with Crippen molar-refractivity contribution in [3.63, 3.8) is 0 Å².